The van der Waals surface area contributed by atoms with E-state index >= 15 is 0 Å². The number of hydrogen-bond acceptors (Lipinski definition) is 5. The maximum Gasteiger partial charge on any atom is 0.243 e. The van der Waals surface area contributed by atoms with E-state index in [-0.39, 0.29) is 17.3 Å². The van der Waals surface area contributed by atoms with Crippen LogP contribution in [0.25, 0.3) is 0 Å². The van der Waals surface area contributed by atoms with Gasteiger partial charge in [0.05, 0.1) is 30.7 Å². The summed E-state index contributed by atoms with van der Waals surface area (Å²) in [5, 5.41) is 3.29. The highest BCUT2D eigenvalue weighted by Crippen LogP contribution is 2.30. The molecule has 7 nitrogen and oxygen atoms in total. The first-order valence-electron chi connectivity index (χ1n) is 9.55. The number of hydrogen-bond donors (Lipinski definition) is 1. The standard InChI is InChI=1S/C21H25ClN2O5S/c1-14-11-17(7-9-19(14)28-2)30(26,27)24-10-4-5-15(13-24)21(25)23-18-12-16(22)6-8-20(18)29-3/h6-9,11-12,15H,4-5,10,13H2,1-3H3,(H,23,25)/t15-/m1/s1. The lowest BCUT2D eigenvalue weighted by Gasteiger charge is -2.31. The quantitative estimate of drug-likeness (QED) is 0.722. The number of anilines is 1. The summed E-state index contributed by atoms with van der Waals surface area (Å²) < 4.78 is 38.1. The van der Waals surface area contributed by atoms with Gasteiger partial charge in [0.2, 0.25) is 15.9 Å². The molecule has 0 radical (unpaired) electrons. The molecule has 1 aliphatic rings. The number of nitrogens with zero attached hydrogens (tertiary/aromatic N) is 1. The highest BCUT2D eigenvalue weighted by molar-refractivity contribution is 7.89. The van der Waals surface area contributed by atoms with Gasteiger partial charge in [0, 0.05) is 18.1 Å². The number of halogens is 1. The summed E-state index contributed by atoms with van der Waals surface area (Å²) in [5.41, 5.74) is 1.19. The molecule has 30 heavy (non-hydrogen) atoms. The molecule has 3 rings (SSSR count). The van der Waals surface area contributed by atoms with E-state index in [4.69, 9.17) is 21.1 Å². The fourth-order valence-electron chi connectivity index (χ4n) is 3.55. The molecular weight excluding hydrogens is 428 g/mol. The number of benzene rings is 2. The molecule has 9 heteroatoms. The van der Waals surface area contributed by atoms with Crippen LogP contribution in [0.5, 0.6) is 11.5 Å². The van der Waals surface area contributed by atoms with Crippen LogP contribution < -0.4 is 14.8 Å². The van der Waals surface area contributed by atoms with Crippen molar-refractivity contribution in [2.24, 2.45) is 5.92 Å². The molecule has 2 aromatic rings. The highest BCUT2D eigenvalue weighted by Gasteiger charge is 2.33. The average molecular weight is 453 g/mol. The Hall–Kier alpha value is -2.29. The predicted octanol–water partition coefficient (Wildman–Crippen LogP) is 3.71. The molecule has 2 aromatic carbocycles. The van der Waals surface area contributed by atoms with Crippen molar-refractivity contribution < 1.29 is 22.7 Å². The minimum absolute atomic E-state index is 0.113. The lowest BCUT2D eigenvalue weighted by Crippen LogP contribution is -2.43. The molecule has 1 heterocycles. The van der Waals surface area contributed by atoms with Crippen molar-refractivity contribution in [2.45, 2.75) is 24.7 Å². The van der Waals surface area contributed by atoms with E-state index in [2.05, 4.69) is 5.32 Å². The summed E-state index contributed by atoms with van der Waals surface area (Å²) in [5.74, 6) is 0.375. The third-order valence-corrected chi connectivity index (χ3v) is 7.27. The molecule has 1 amide bonds. The molecule has 1 aliphatic heterocycles. The first kappa shape index (κ1) is 22.4. The maximum absolute atomic E-state index is 13.1. The Kier molecular flexibility index (Phi) is 6.90. The van der Waals surface area contributed by atoms with Crippen LogP contribution in [0.15, 0.2) is 41.3 Å². The number of carbonyl (C=O) groups excluding carboxylic acids is 1. The number of aryl methyl sites for hydroxylation is 1. The van der Waals surface area contributed by atoms with Gasteiger partial charge < -0.3 is 14.8 Å². The summed E-state index contributed by atoms with van der Waals surface area (Å²) in [6.45, 7) is 2.28. The number of methoxy groups -OCH3 is 2. The number of piperidine rings is 1. The van der Waals surface area contributed by atoms with Crippen molar-refractivity contribution in [3.8, 4) is 11.5 Å². The zero-order chi connectivity index (χ0) is 21.9. The molecule has 0 saturated carbocycles. The smallest absolute Gasteiger partial charge is 0.243 e. The van der Waals surface area contributed by atoms with Crippen molar-refractivity contribution in [2.75, 3.05) is 32.6 Å². The van der Waals surface area contributed by atoms with E-state index in [1.807, 2.05) is 0 Å². The molecule has 1 N–H and O–H groups in total. The number of carbonyl (C=O) groups is 1. The van der Waals surface area contributed by atoms with Gasteiger partial charge in [-0.15, -0.1) is 0 Å². The van der Waals surface area contributed by atoms with E-state index in [0.717, 1.165) is 5.56 Å². The van der Waals surface area contributed by atoms with Crippen LogP contribution >= 0.6 is 11.6 Å². The van der Waals surface area contributed by atoms with Gasteiger partial charge in [-0.2, -0.15) is 4.31 Å². The number of rotatable bonds is 6. The van der Waals surface area contributed by atoms with Gasteiger partial charge in [-0.3, -0.25) is 4.79 Å². The summed E-state index contributed by atoms with van der Waals surface area (Å²) in [7, 11) is -0.671. The van der Waals surface area contributed by atoms with Gasteiger partial charge in [-0.1, -0.05) is 11.6 Å². The largest absolute Gasteiger partial charge is 0.496 e. The summed E-state index contributed by atoms with van der Waals surface area (Å²) in [6, 6.07) is 9.71. The molecule has 0 unspecified atom stereocenters. The van der Waals surface area contributed by atoms with Crippen molar-refractivity contribution in [1.82, 2.24) is 4.31 Å². The van der Waals surface area contributed by atoms with E-state index in [1.165, 1.54) is 17.5 Å². The Morgan fingerprint density at radius 3 is 2.50 bits per heavy atom. The van der Waals surface area contributed by atoms with Gasteiger partial charge in [-0.05, 0) is 61.7 Å². The zero-order valence-corrected chi connectivity index (χ0v) is 18.7. The summed E-state index contributed by atoms with van der Waals surface area (Å²) in [6.07, 6.45) is 1.20. The van der Waals surface area contributed by atoms with Crippen molar-refractivity contribution >= 4 is 33.2 Å². The van der Waals surface area contributed by atoms with Gasteiger partial charge in [-0.25, -0.2) is 8.42 Å². The predicted molar refractivity (Wildman–Crippen MR) is 116 cm³/mol. The Balaban J connectivity index is 1.77. The second-order valence-electron chi connectivity index (χ2n) is 7.17. The molecule has 0 spiro atoms. The summed E-state index contributed by atoms with van der Waals surface area (Å²) >= 11 is 6.02. The number of sulfonamides is 1. The fourth-order valence-corrected chi connectivity index (χ4v) is 5.33. The van der Waals surface area contributed by atoms with Crippen molar-refractivity contribution in [3.05, 3.63) is 47.0 Å². The van der Waals surface area contributed by atoms with E-state index in [9.17, 15) is 13.2 Å². The minimum atomic E-state index is -3.72. The third kappa shape index (κ3) is 4.71. The lowest BCUT2D eigenvalue weighted by molar-refractivity contribution is -0.120. The van der Waals surface area contributed by atoms with Gasteiger partial charge in [0.1, 0.15) is 11.5 Å². The van der Waals surface area contributed by atoms with Gasteiger partial charge in [0.25, 0.3) is 0 Å². The van der Waals surface area contributed by atoms with Gasteiger partial charge in [0.15, 0.2) is 0 Å². The van der Waals surface area contributed by atoms with Crippen LogP contribution in [-0.2, 0) is 14.8 Å². The monoisotopic (exact) mass is 452 g/mol. The molecule has 1 atom stereocenters. The van der Waals surface area contributed by atoms with Crippen LogP contribution in [0, 0.1) is 12.8 Å². The van der Waals surface area contributed by atoms with Gasteiger partial charge >= 0.3 is 0 Å². The Morgan fingerprint density at radius 1 is 1.13 bits per heavy atom. The van der Waals surface area contributed by atoms with Crippen LogP contribution in [0.2, 0.25) is 5.02 Å². The molecule has 0 bridgehead atoms. The minimum Gasteiger partial charge on any atom is -0.496 e. The SMILES string of the molecule is COc1ccc(S(=O)(=O)N2CCC[C@@H](C(=O)Nc3cc(Cl)ccc3OC)C2)cc1C. The molecule has 162 valence electrons. The normalized spacial score (nSPS) is 17.4. The van der Waals surface area contributed by atoms with Crippen LogP contribution in [0.4, 0.5) is 5.69 Å². The Bertz CT molecular complexity index is 1040. The number of amides is 1. The highest BCUT2D eigenvalue weighted by atomic mass is 35.5. The van der Waals surface area contributed by atoms with E-state index in [0.29, 0.717) is 41.6 Å². The average Bonchev–Trinajstić information content (AvgIpc) is 2.74. The number of ether oxygens (including phenoxy) is 2. The van der Waals surface area contributed by atoms with E-state index in [1.54, 1.807) is 44.4 Å². The molecule has 0 aliphatic carbocycles. The maximum atomic E-state index is 13.1. The third-order valence-electron chi connectivity index (χ3n) is 5.18. The first-order valence-corrected chi connectivity index (χ1v) is 11.4. The van der Waals surface area contributed by atoms with E-state index < -0.39 is 15.9 Å². The topological polar surface area (TPSA) is 84.9 Å². The lowest BCUT2D eigenvalue weighted by atomic mass is 9.98. The van der Waals surface area contributed by atoms with Crippen molar-refractivity contribution in [1.29, 1.82) is 0 Å². The fraction of sp³-hybridized carbons (Fsp3) is 0.381. The molecule has 1 fully saturated rings. The molecule has 0 aromatic heterocycles. The molecule has 1 saturated heterocycles. The van der Waals surface area contributed by atoms with Crippen molar-refractivity contribution in [3.63, 3.8) is 0 Å². The van der Waals surface area contributed by atoms with Crippen LogP contribution in [0.3, 0.4) is 0 Å². The van der Waals surface area contributed by atoms with Crippen LogP contribution in [-0.4, -0.2) is 45.9 Å². The second-order valence-corrected chi connectivity index (χ2v) is 9.54. The Labute approximate surface area is 182 Å². The molecular formula is C21H25ClN2O5S. The first-order chi connectivity index (χ1) is 14.3. The Morgan fingerprint density at radius 2 is 1.83 bits per heavy atom. The second kappa shape index (κ2) is 9.24. The summed E-state index contributed by atoms with van der Waals surface area (Å²) in [4.78, 5) is 13.0. The zero-order valence-electron chi connectivity index (χ0n) is 17.1. The van der Waals surface area contributed by atoms with Crippen LogP contribution in [0.1, 0.15) is 18.4 Å². The number of nitrogens with one attached hydrogen (secondary N) is 1.